The molecule has 1 aliphatic carbocycles. The normalized spacial score (nSPS) is 17.0. The largest absolute Gasteiger partial charge is 0.461 e. The van der Waals surface area contributed by atoms with Crippen molar-refractivity contribution in [1.82, 2.24) is 39.6 Å². The molecule has 49 heavy (non-hydrogen) atoms. The van der Waals surface area contributed by atoms with Crippen LogP contribution < -0.4 is 16.0 Å². The molecule has 1 atom stereocenters. The number of para-hydroxylation sites is 1. The minimum atomic E-state index is -1.26. The Morgan fingerprint density at radius 2 is 1.65 bits per heavy atom. The summed E-state index contributed by atoms with van der Waals surface area (Å²) in [5.41, 5.74) is 8.36. The van der Waals surface area contributed by atoms with Crippen LogP contribution in [0.4, 0.5) is 11.6 Å². The average Bonchev–Trinajstić information content (AvgIpc) is 3.93. The Labute approximate surface area is 282 Å². The Morgan fingerprint density at radius 3 is 2.41 bits per heavy atom. The summed E-state index contributed by atoms with van der Waals surface area (Å²) in [7, 11) is 0. The molecule has 0 bridgehead atoms. The second-order valence-corrected chi connectivity index (χ2v) is 13.0. The highest BCUT2D eigenvalue weighted by molar-refractivity contribution is 6.00. The number of piperazine rings is 1. The fraction of sp³-hybridized carbons (Fsp3) is 0.333. The Hall–Kier alpha value is -5.72. The molecule has 0 spiro atoms. The quantitative estimate of drug-likeness (QED) is 0.253. The zero-order chi connectivity index (χ0) is 33.5. The highest BCUT2D eigenvalue weighted by Crippen LogP contribution is 2.34. The van der Waals surface area contributed by atoms with Crippen LogP contribution in [0.25, 0.3) is 28.3 Å². The van der Waals surface area contributed by atoms with Gasteiger partial charge in [0.25, 0.3) is 11.8 Å². The lowest BCUT2D eigenvalue weighted by atomic mass is 9.90. The molecular weight excluding hydrogens is 620 g/mol. The van der Waals surface area contributed by atoms with E-state index in [9.17, 15) is 9.59 Å². The van der Waals surface area contributed by atoms with E-state index in [4.69, 9.17) is 20.2 Å². The molecule has 3 N–H and O–H groups in total. The van der Waals surface area contributed by atoms with Gasteiger partial charge in [-0.1, -0.05) is 61.7 Å². The Bertz CT molecular complexity index is 2130. The van der Waals surface area contributed by atoms with Crippen molar-refractivity contribution in [2.45, 2.75) is 50.6 Å². The molecule has 8 rings (SSSR count). The van der Waals surface area contributed by atoms with E-state index in [1.54, 1.807) is 29.3 Å². The second kappa shape index (κ2) is 12.4. The third kappa shape index (κ3) is 5.35. The molecule has 1 saturated heterocycles. The van der Waals surface area contributed by atoms with E-state index in [1.165, 1.54) is 10.9 Å². The minimum absolute atomic E-state index is 0.0342. The van der Waals surface area contributed by atoms with E-state index in [1.807, 2.05) is 66.4 Å². The van der Waals surface area contributed by atoms with Gasteiger partial charge in [0.05, 0.1) is 23.4 Å². The Kier molecular flexibility index (Phi) is 7.73. The molecule has 6 aromatic rings. The predicted molar refractivity (Wildman–Crippen MR) is 185 cm³/mol. The standard InChI is InChI=1S/C36H38N10O3/c1-36(24-11-4-2-5-12-24,46-32-27(23-38-46)31-40-30(29-17-10-22-49-29)42-45(31)35(37)41-32)34(48)44-20-18-43(19-21-44)28-16-9-8-15-26(28)33(47)39-25-13-6-3-7-14-25/h2,4-5,8-12,15-17,22-23,25H,3,6-7,13-14,18-21H2,1H3,(H2,37,41)(H,39,47). The van der Waals surface area contributed by atoms with Crippen molar-refractivity contribution >= 4 is 40.1 Å². The second-order valence-electron chi connectivity index (χ2n) is 13.0. The number of nitrogens with one attached hydrogen (secondary N) is 1. The Balaban J connectivity index is 1.09. The monoisotopic (exact) mass is 658 g/mol. The molecule has 4 aromatic heterocycles. The number of nitrogens with two attached hydrogens (primary N) is 1. The molecule has 13 heteroatoms. The number of benzene rings is 2. The first-order valence-corrected chi connectivity index (χ1v) is 16.9. The van der Waals surface area contributed by atoms with Gasteiger partial charge in [0, 0.05) is 37.9 Å². The van der Waals surface area contributed by atoms with E-state index >= 15 is 0 Å². The van der Waals surface area contributed by atoms with Gasteiger partial charge in [0.2, 0.25) is 11.8 Å². The fourth-order valence-corrected chi connectivity index (χ4v) is 7.26. The van der Waals surface area contributed by atoms with Crippen LogP contribution in [0, 0.1) is 0 Å². The first-order valence-electron chi connectivity index (χ1n) is 16.9. The maximum absolute atomic E-state index is 14.8. The molecule has 13 nitrogen and oxygen atoms in total. The van der Waals surface area contributed by atoms with E-state index in [-0.39, 0.29) is 23.8 Å². The van der Waals surface area contributed by atoms with Crippen molar-refractivity contribution in [3.63, 3.8) is 0 Å². The van der Waals surface area contributed by atoms with Gasteiger partial charge in [0.15, 0.2) is 22.6 Å². The first-order chi connectivity index (χ1) is 23.9. The lowest BCUT2D eigenvalue weighted by Gasteiger charge is -2.41. The molecule has 2 fully saturated rings. The molecule has 2 aromatic carbocycles. The topological polar surface area (TPSA) is 153 Å². The van der Waals surface area contributed by atoms with Gasteiger partial charge in [-0.25, -0.2) is 9.67 Å². The van der Waals surface area contributed by atoms with Crippen molar-refractivity contribution in [1.29, 1.82) is 0 Å². The van der Waals surface area contributed by atoms with Crippen LogP contribution in [0.1, 0.15) is 54.9 Å². The van der Waals surface area contributed by atoms with Crippen LogP contribution in [0.15, 0.2) is 83.6 Å². The third-order valence-electron chi connectivity index (χ3n) is 9.94. The summed E-state index contributed by atoms with van der Waals surface area (Å²) < 4.78 is 8.61. The molecule has 1 unspecified atom stereocenters. The molecule has 0 radical (unpaired) electrons. The van der Waals surface area contributed by atoms with Crippen LogP contribution in [0.2, 0.25) is 0 Å². The smallest absolute Gasteiger partial charge is 0.255 e. The molecule has 2 aliphatic rings. The number of carbonyl (C=O) groups excluding carboxylic acids is 2. The van der Waals surface area contributed by atoms with Gasteiger partial charge in [-0.05, 0) is 49.6 Å². The summed E-state index contributed by atoms with van der Waals surface area (Å²) >= 11 is 0. The van der Waals surface area contributed by atoms with E-state index < -0.39 is 5.54 Å². The maximum atomic E-state index is 14.8. The van der Waals surface area contributed by atoms with Gasteiger partial charge in [-0.15, -0.1) is 5.10 Å². The number of nitrogens with zero attached hydrogens (tertiary/aromatic N) is 8. The van der Waals surface area contributed by atoms with Gasteiger partial charge in [0.1, 0.15) is 0 Å². The number of nitrogen functional groups attached to an aromatic ring is 1. The number of rotatable bonds is 7. The summed E-state index contributed by atoms with van der Waals surface area (Å²) in [6.45, 7) is 3.95. The number of fused-ring (bicyclic) bond motifs is 3. The zero-order valence-electron chi connectivity index (χ0n) is 27.3. The number of amides is 2. The van der Waals surface area contributed by atoms with Gasteiger partial charge >= 0.3 is 0 Å². The summed E-state index contributed by atoms with van der Waals surface area (Å²) in [5, 5.41) is 13.1. The highest BCUT2D eigenvalue weighted by atomic mass is 16.3. The highest BCUT2D eigenvalue weighted by Gasteiger charge is 2.43. The first kappa shape index (κ1) is 30.6. The lowest BCUT2D eigenvalue weighted by molar-refractivity contribution is -0.138. The average molecular weight is 659 g/mol. The van der Waals surface area contributed by atoms with Crippen molar-refractivity contribution in [2.75, 3.05) is 36.8 Å². The molecule has 2 amide bonds. The van der Waals surface area contributed by atoms with Crippen LogP contribution in [-0.4, -0.2) is 78.3 Å². The maximum Gasteiger partial charge on any atom is 0.255 e. The van der Waals surface area contributed by atoms with E-state index in [0.717, 1.165) is 36.9 Å². The number of carbonyl (C=O) groups is 2. The predicted octanol–water partition coefficient (Wildman–Crippen LogP) is 4.49. The summed E-state index contributed by atoms with van der Waals surface area (Å²) in [6.07, 6.45) is 8.80. The van der Waals surface area contributed by atoms with Gasteiger partial charge < -0.3 is 25.3 Å². The van der Waals surface area contributed by atoms with Crippen LogP contribution in [0.3, 0.4) is 0 Å². The van der Waals surface area contributed by atoms with Crippen LogP contribution in [0.5, 0.6) is 0 Å². The van der Waals surface area contributed by atoms with Crippen molar-refractivity contribution in [3.8, 4) is 11.6 Å². The summed E-state index contributed by atoms with van der Waals surface area (Å²) in [5.74, 6) is 0.820. The van der Waals surface area contributed by atoms with E-state index in [0.29, 0.717) is 60.0 Å². The minimum Gasteiger partial charge on any atom is -0.461 e. The van der Waals surface area contributed by atoms with E-state index in [2.05, 4.69) is 20.3 Å². The summed E-state index contributed by atoms with van der Waals surface area (Å²) in [4.78, 5) is 41.6. The lowest BCUT2D eigenvalue weighted by Crippen LogP contribution is -2.56. The molecule has 5 heterocycles. The van der Waals surface area contributed by atoms with Crippen molar-refractivity contribution in [3.05, 3.63) is 90.3 Å². The number of furan rings is 1. The molecule has 1 aliphatic heterocycles. The fourth-order valence-electron chi connectivity index (χ4n) is 7.26. The number of hydrogen-bond acceptors (Lipinski definition) is 9. The zero-order valence-corrected chi connectivity index (χ0v) is 27.3. The third-order valence-corrected chi connectivity index (χ3v) is 9.94. The SMILES string of the molecule is CC(C(=O)N1CCN(c2ccccc2C(=O)NC2CCCCC2)CC1)(c1ccccc1)n1ncc2c1nc(N)n1nc(-c3ccco3)nc21. The number of anilines is 2. The van der Waals surface area contributed by atoms with Crippen LogP contribution in [-0.2, 0) is 10.3 Å². The van der Waals surface area contributed by atoms with Crippen molar-refractivity contribution < 1.29 is 14.0 Å². The molecule has 1 saturated carbocycles. The number of aromatic nitrogens is 6. The van der Waals surface area contributed by atoms with Gasteiger partial charge in [-0.2, -0.15) is 14.6 Å². The van der Waals surface area contributed by atoms with Crippen molar-refractivity contribution in [2.24, 2.45) is 0 Å². The molecular formula is C36H38N10O3. The summed E-state index contributed by atoms with van der Waals surface area (Å²) in [6, 6.07) is 21.1. The van der Waals surface area contributed by atoms with Gasteiger partial charge in [-0.3, -0.25) is 9.59 Å². The Morgan fingerprint density at radius 1 is 0.898 bits per heavy atom. The van der Waals surface area contributed by atoms with Crippen LogP contribution >= 0.6 is 0 Å². The molecule has 250 valence electrons. The number of hydrogen-bond donors (Lipinski definition) is 2.